The van der Waals surface area contributed by atoms with Crippen LogP contribution in [0.3, 0.4) is 0 Å². The number of ketones is 1. The van der Waals surface area contributed by atoms with Gasteiger partial charge in [-0.2, -0.15) is 0 Å². The maximum absolute atomic E-state index is 12.0. The van der Waals surface area contributed by atoms with E-state index < -0.39 is 0 Å². The molecule has 0 aromatic heterocycles. The molecule has 5 heteroatoms. The molecule has 1 amide bonds. The van der Waals surface area contributed by atoms with Gasteiger partial charge < -0.3 is 0 Å². The summed E-state index contributed by atoms with van der Waals surface area (Å²) in [6, 6.07) is 7.17. The van der Waals surface area contributed by atoms with Crippen molar-refractivity contribution in [3.63, 3.8) is 0 Å². The predicted octanol–water partition coefficient (Wildman–Crippen LogP) is -1.14. The number of hydrogen-bond donors (Lipinski definition) is 0. The zero-order chi connectivity index (χ0) is 12.4. The summed E-state index contributed by atoms with van der Waals surface area (Å²) in [6.07, 6.45) is 0.722. The molecule has 1 unspecified atom stereocenters. The molecular formula is C12H12ClINO2-. The molecule has 0 N–H and O–H groups in total. The van der Waals surface area contributed by atoms with Crippen molar-refractivity contribution in [1.82, 2.24) is 3.11 Å². The summed E-state index contributed by atoms with van der Waals surface area (Å²) < 4.78 is 1.70. The zero-order valence-corrected chi connectivity index (χ0v) is 12.2. The number of piperidine rings is 1. The number of carbonyl (C=O) groups excluding carboxylic acids is 2. The van der Waals surface area contributed by atoms with Crippen LogP contribution >= 0.6 is 11.6 Å². The Labute approximate surface area is 116 Å². The van der Waals surface area contributed by atoms with Crippen LogP contribution in [0.4, 0.5) is 0 Å². The van der Waals surface area contributed by atoms with Crippen molar-refractivity contribution in [3.05, 3.63) is 34.9 Å². The minimum absolute atomic E-state index is 0.278. The van der Waals surface area contributed by atoms with Crippen LogP contribution in [0.5, 0.6) is 0 Å². The number of carbonyl (C=O) groups is 2. The summed E-state index contributed by atoms with van der Waals surface area (Å²) in [5.41, 5.74) is 0.890. The molecular weight excluding hydrogens is 352 g/mol. The average molecular weight is 365 g/mol. The van der Waals surface area contributed by atoms with Crippen molar-refractivity contribution in [2.75, 3.05) is 11.5 Å². The van der Waals surface area contributed by atoms with Crippen molar-refractivity contribution >= 4 is 23.3 Å². The first kappa shape index (κ1) is 12.8. The number of halogens is 2. The van der Waals surface area contributed by atoms with Crippen LogP contribution in [-0.2, 0) is 9.59 Å². The Hall–Kier alpha value is -0.620. The second-order valence-electron chi connectivity index (χ2n) is 3.82. The van der Waals surface area contributed by atoms with Gasteiger partial charge >= 0.3 is 116 Å². The van der Waals surface area contributed by atoms with Crippen LogP contribution < -0.4 is 21.5 Å². The van der Waals surface area contributed by atoms with E-state index in [1.54, 1.807) is 15.2 Å². The van der Waals surface area contributed by atoms with Crippen LogP contribution in [0.25, 0.3) is 0 Å². The molecule has 1 aromatic carbocycles. The summed E-state index contributed by atoms with van der Waals surface area (Å²) in [6.45, 7) is 0.696. The Morgan fingerprint density at radius 1 is 1.29 bits per heavy atom. The van der Waals surface area contributed by atoms with Crippen molar-refractivity contribution in [2.45, 2.75) is 12.3 Å². The fourth-order valence-corrected chi connectivity index (χ4v) is 3.48. The van der Waals surface area contributed by atoms with E-state index >= 15 is 0 Å². The SMILES string of the molecule is C[I-]N1CCC(c2ccc(Cl)cc2)C(=O)C1=O. The van der Waals surface area contributed by atoms with E-state index in [1.807, 2.05) is 17.1 Å². The summed E-state index contributed by atoms with van der Waals surface area (Å²) >= 11 is 5.47. The molecule has 3 nitrogen and oxygen atoms in total. The third-order valence-corrected chi connectivity index (χ3v) is 5.18. The number of rotatable bonds is 2. The van der Waals surface area contributed by atoms with E-state index in [4.69, 9.17) is 11.6 Å². The summed E-state index contributed by atoms with van der Waals surface area (Å²) in [4.78, 5) is 25.8. The van der Waals surface area contributed by atoms with Crippen LogP contribution in [0, 0.1) is 0 Å². The summed E-state index contributed by atoms with van der Waals surface area (Å²) in [7, 11) is 0. The molecule has 1 heterocycles. The van der Waals surface area contributed by atoms with E-state index in [0.717, 1.165) is 12.0 Å². The molecule has 1 aromatic rings. The van der Waals surface area contributed by atoms with Gasteiger partial charge in [0.15, 0.2) is 0 Å². The Balaban J connectivity index is 2.21. The fourth-order valence-electron chi connectivity index (χ4n) is 1.92. The van der Waals surface area contributed by atoms with E-state index in [1.165, 1.54) is 0 Å². The normalized spacial score (nSPS) is 21.1. The zero-order valence-electron chi connectivity index (χ0n) is 9.32. The first-order valence-electron chi connectivity index (χ1n) is 5.24. The van der Waals surface area contributed by atoms with E-state index in [9.17, 15) is 9.59 Å². The van der Waals surface area contributed by atoms with Crippen molar-refractivity contribution in [1.29, 1.82) is 0 Å². The van der Waals surface area contributed by atoms with Gasteiger partial charge in [0, 0.05) is 0 Å². The third kappa shape index (κ3) is 2.63. The van der Waals surface area contributed by atoms with Crippen LogP contribution in [-0.4, -0.2) is 26.3 Å². The van der Waals surface area contributed by atoms with Crippen LogP contribution in [0.1, 0.15) is 17.9 Å². The molecule has 0 radical (unpaired) electrons. The molecule has 1 aliphatic heterocycles. The van der Waals surface area contributed by atoms with Gasteiger partial charge in [-0.3, -0.25) is 0 Å². The van der Waals surface area contributed by atoms with Crippen LogP contribution in [0.2, 0.25) is 5.02 Å². The van der Waals surface area contributed by atoms with Crippen LogP contribution in [0.15, 0.2) is 24.3 Å². The molecule has 1 saturated heterocycles. The van der Waals surface area contributed by atoms with Gasteiger partial charge in [-0.1, -0.05) is 0 Å². The molecule has 1 aliphatic rings. The Morgan fingerprint density at radius 3 is 2.53 bits per heavy atom. The Bertz CT molecular complexity index is 446. The standard InChI is InChI=1S/C12H12ClINO2/c1-14-15-7-6-10(11(16)12(15)17)8-2-4-9(13)5-3-8/h2-5,10H,6-7H2,1H3/q-1. The number of nitrogens with zero attached hydrogens (tertiary/aromatic N) is 1. The Morgan fingerprint density at radius 2 is 1.94 bits per heavy atom. The molecule has 1 atom stereocenters. The first-order valence-corrected chi connectivity index (χ1v) is 8.74. The number of Topliss-reactive ketones (excluding diaryl/α,β-unsaturated/α-hetero) is 1. The van der Waals surface area contributed by atoms with E-state index in [2.05, 4.69) is 0 Å². The van der Waals surface area contributed by atoms with Gasteiger partial charge in [-0.25, -0.2) is 0 Å². The molecule has 1 fully saturated rings. The molecule has 0 spiro atoms. The average Bonchev–Trinajstić information content (AvgIpc) is 2.34. The quantitative estimate of drug-likeness (QED) is 0.288. The molecule has 0 saturated carbocycles. The number of amides is 1. The van der Waals surface area contributed by atoms with Gasteiger partial charge in [0.1, 0.15) is 0 Å². The summed E-state index contributed by atoms with van der Waals surface area (Å²) in [5.74, 6) is -0.877. The van der Waals surface area contributed by atoms with Gasteiger partial charge in [0.05, 0.1) is 0 Å². The number of hydrogen-bond acceptors (Lipinski definition) is 2. The molecule has 2 rings (SSSR count). The van der Waals surface area contributed by atoms with Crippen molar-refractivity contribution in [3.8, 4) is 0 Å². The molecule has 0 aliphatic carbocycles. The third-order valence-electron chi connectivity index (χ3n) is 2.84. The topological polar surface area (TPSA) is 37.4 Å². The van der Waals surface area contributed by atoms with E-state index in [0.29, 0.717) is 11.6 Å². The van der Waals surface area contributed by atoms with Crippen molar-refractivity contribution < 1.29 is 31.1 Å². The van der Waals surface area contributed by atoms with Gasteiger partial charge in [-0.05, 0) is 0 Å². The molecule has 92 valence electrons. The molecule has 0 bridgehead atoms. The van der Waals surface area contributed by atoms with Gasteiger partial charge in [0.2, 0.25) is 0 Å². The predicted molar refractivity (Wildman–Crippen MR) is 61.5 cm³/mol. The fraction of sp³-hybridized carbons (Fsp3) is 0.333. The second kappa shape index (κ2) is 5.35. The second-order valence-corrected chi connectivity index (χ2v) is 6.38. The number of alkyl halides is 1. The Kier molecular flexibility index (Phi) is 4.04. The van der Waals surface area contributed by atoms with Gasteiger partial charge in [-0.15, -0.1) is 0 Å². The first-order chi connectivity index (χ1) is 8.13. The monoisotopic (exact) mass is 364 g/mol. The van der Waals surface area contributed by atoms with E-state index in [-0.39, 0.29) is 39.1 Å². The minimum atomic E-state index is -0.334. The van der Waals surface area contributed by atoms with Gasteiger partial charge in [0.25, 0.3) is 0 Å². The number of benzene rings is 1. The molecule has 17 heavy (non-hydrogen) atoms. The maximum atomic E-state index is 12.0. The van der Waals surface area contributed by atoms with Crippen molar-refractivity contribution in [2.24, 2.45) is 0 Å². The summed E-state index contributed by atoms with van der Waals surface area (Å²) in [5, 5.41) is 0.643.